The zero-order valence-corrected chi connectivity index (χ0v) is 22.0. The van der Waals surface area contributed by atoms with E-state index in [1.165, 1.54) is 18.5 Å². The highest BCUT2D eigenvalue weighted by atomic mass is 19.1. The Kier molecular flexibility index (Phi) is 8.39. The second-order valence-electron chi connectivity index (χ2n) is 9.49. The van der Waals surface area contributed by atoms with Crippen LogP contribution in [0.4, 0.5) is 20.3 Å². The summed E-state index contributed by atoms with van der Waals surface area (Å²) in [5.41, 5.74) is 2.82. The Morgan fingerprint density at radius 2 is 1.82 bits per heavy atom. The number of piperazine rings is 1. The van der Waals surface area contributed by atoms with Gasteiger partial charge in [-0.15, -0.1) is 0 Å². The van der Waals surface area contributed by atoms with E-state index in [1.807, 2.05) is 12.1 Å². The van der Waals surface area contributed by atoms with Crippen molar-refractivity contribution in [2.24, 2.45) is 0 Å². The molecule has 0 saturated carbocycles. The second kappa shape index (κ2) is 12.3. The van der Waals surface area contributed by atoms with E-state index >= 15 is 0 Å². The quantitative estimate of drug-likeness (QED) is 0.261. The van der Waals surface area contributed by atoms with Gasteiger partial charge >= 0.3 is 0 Å². The number of aromatic nitrogens is 3. The number of hydrogen-bond acceptors (Lipinski definition) is 7. The first-order chi connectivity index (χ1) is 19.0. The molecule has 0 bridgehead atoms. The lowest BCUT2D eigenvalue weighted by molar-refractivity contribution is 0.130. The standard InChI is InChI=1S/C30H32F2N6O/c1-3-21-16-25-28(19-29(21)39-15-5-10-38-13-11-37(4-2)12-14-38)34-20-35-30(25)36-23-8-9-33-27(18-23)24-7-6-22(31)17-26(24)32/h3,6-9,16-20H,1,4-5,10-15H2,2H3,(H,33,34,35,36). The number of rotatable bonds is 10. The third-order valence-corrected chi connectivity index (χ3v) is 7.00. The average molecular weight is 531 g/mol. The zero-order valence-electron chi connectivity index (χ0n) is 22.0. The van der Waals surface area contributed by atoms with E-state index in [-0.39, 0.29) is 5.56 Å². The predicted molar refractivity (Wildman–Crippen MR) is 151 cm³/mol. The van der Waals surface area contributed by atoms with Gasteiger partial charge in [-0.1, -0.05) is 19.6 Å². The molecular weight excluding hydrogens is 498 g/mol. The van der Waals surface area contributed by atoms with E-state index in [9.17, 15) is 8.78 Å². The Hall–Kier alpha value is -3.95. The van der Waals surface area contributed by atoms with Crippen LogP contribution in [0.15, 0.2) is 61.6 Å². The Labute approximate surface area is 227 Å². The summed E-state index contributed by atoms with van der Waals surface area (Å²) < 4.78 is 33.8. The summed E-state index contributed by atoms with van der Waals surface area (Å²) >= 11 is 0. The molecule has 1 aliphatic rings. The van der Waals surface area contributed by atoms with Gasteiger partial charge in [0.15, 0.2) is 0 Å². The number of halogens is 2. The third kappa shape index (κ3) is 6.38. The molecule has 202 valence electrons. The van der Waals surface area contributed by atoms with Crippen LogP contribution in [0.2, 0.25) is 0 Å². The number of pyridine rings is 1. The highest BCUT2D eigenvalue weighted by Gasteiger charge is 2.15. The first-order valence-electron chi connectivity index (χ1n) is 13.2. The van der Waals surface area contributed by atoms with Crippen LogP contribution >= 0.6 is 0 Å². The molecule has 1 saturated heterocycles. The van der Waals surface area contributed by atoms with Gasteiger partial charge in [-0.3, -0.25) is 4.98 Å². The first kappa shape index (κ1) is 26.6. The van der Waals surface area contributed by atoms with Crippen molar-refractivity contribution in [2.45, 2.75) is 13.3 Å². The molecule has 1 N–H and O–H groups in total. The smallest absolute Gasteiger partial charge is 0.141 e. The molecule has 1 aliphatic heterocycles. The number of hydrogen-bond donors (Lipinski definition) is 1. The maximum absolute atomic E-state index is 14.3. The topological polar surface area (TPSA) is 66.4 Å². The summed E-state index contributed by atoms with van der Waals surface area (Å²) in [5, 5.41) is 4.07. The Morgan fingerprint density at radius 3 is 2.59 bits per heavy atom. The van der Waals surface area contributed by atoms with Gasteiger partial charge < -0.3 is 19.9 Å². The normalized spacial score (nSPS) is 14.4. The first-order valence-corrected chi connectivity index (χ1v) is 13.2. The number of anilines is 2. The van der Waals surface area contributed by atoms with E-state index < -0.39 is 11.6 Å². The monoisotopic (exact) mass is 530 g/mol. The molecule has 1 fully saturated rings. The van der Waals surface area contributed by atoms with Crippen LogP contribution in [0.5, 0.6) is 5.75 Å². The van der Waals surface area contributed by atoms with Crippen LogP contribution in [0, 0.1) is 11.6 Å². The van der Waals surface area contributed by atoms with Crippen molar-refractivity contribution in [3.05, 3.63) is 78.8 Å². The summed E-state index contributed by atoms with van der Waals surface area (Å²) in [6.07, 6.45) is 5.75. The minimum Gasteiger partial charge on any atom is -0.493 e. The molecule has 0 amide bonds. The molecule has 2 aromatic heterocycles. The van der Waals surface area contributed by atoms with Crippen LogP contribution in [0.25, 0.3) is 28.2 Å². The van der Waals surface area contributed by atoms with Gasteiger partial charge in [-0.05, 0) is 43.3 Å². The van der Waals surface area contributed by atoms with Crippen molar-refractivity contribution in [1.29, 1.82) is 0 Å². The minimum atomic E-state index is -0.672. The lowest BCUT2D eigenvalue weighted by Crippen LogP contribution is -2.46. The number of likely N-dealkylation sites (N-methyl/N-ethyl adjacent to an activating group) is 1. The molecule has 0 spiro atoms. The molecular formula is C30H32F2N6O. The molecule has 0 unspecified atom stereocenters. The molecule has 4 aromatic rings. The molecule has 0 radical (unpaired) electrons. The Morgan fingerprint density at radius 1 is 1.00 bits per heavy atom. The highest BCUT2D eigenvalue weighted by Crippen LogP contribution is 2.31. The second-order valence-corrected chi connectivity index (χ2v) is 9.49. The molecule has 39 heavy (non-hydrogen) atoms. The van der Waals surface area contributed by atoms with Gasteiger partial charge in [0.25, 0.3) is 0 Å². The molecule has 9 heteroatoms. The Balaban J connectivity index is 1.29. The largest absolute Gasteiger partial charge is 0.493 e. The SMILES string of the molecule is C=Cc1cc2c(Nc3ccnc(-c4ccc(F)cc4F)c3)ncnc2cc1OCCCN1CCN(CC)CC1. The number of nitrogens with one attached hydrogen (secondary N) is 1. The van der Waals surface area contributed by atoms with E-state index in [1.54, 1.807) is 24.4 Å². The van der Waals surface area contributed by atoms with E-state index in [4.69, 9.17) is 4.74 Å². The van der Waals surface area contributed by atoms with Crippen molar-refractivity contribution in [3.8, 4) is 17.0 Å². The summed E-state index contributed by atoms with van der Waals surface area (Å²) in [6.45, 7) is 13.4. The van der Waals surface area contributed by atoms with Crippen LogP contribution in [-0.2, 0) is 0 Å². The van der Waals surface area contributed by atoms with E-state index in [0.29, 0.717) is 23.8 Å². The summed E-state index contributed by atoms with van der Waals surface area (Å²) in [7, 11) is 0. The average Bonchev–Trinajstić information content (AvgIpc) is 2.95. The summed E-state index contributed by atoms with van der Waals surface area (Å²) in [4.78, 5) is 18.1. The Bertz CT molecular complexity index is 1460. The predicted octanol–water partition coefficient (Wildman–Crippen LogP) is 5.76. The number of nitrogens with zero attached hydrogens (tertiary/aromatic N) is 5. The maximum atomic E-state index is 14.3. The zero-order chi connectivity index (χ0) is 27.2. The summed E-state index contributed by atoms with van der Waals surface area (Å²) in [5.74, 6) is 0.00714. The molecule has 0 aliphatic carbocycles. The van der Waals surface area contributed by atoms with Crippen molar-refractivity contribution in [1.82, 2.24) is 24.8 Å². The number of ether oxygens (including phenoxy) is 1. The van der Waals surface area contributed by atoms with Crippen molar-refractivity contribution in [3.63, 3.8) is 0 Å². The van der Waals surface area contributed by atoms with Gasteiger partial charge in [0.05, 0.1) is 17.8 Å². The van der Waals surface area contributed by atoms with Gasteiger partial charge in [0.2, 0.25) is 0 Å². The molecule has 5 rings (SSSR count). The molecule has 0 atom stereocenters. The van der Waals surface area contributed by atoms with Crippen LogP contribution in [-0.4, -0.2) is 70.6 Å². The van der Waals surface area contributed by atoms with Gasteiger partial charge in [-0.2, -0.15) is 0 Å². The lowest BCUT2D eigenvalue weighted by Gasteiger charge is -2.33. The van der Waals surface area contributed by atoms with Gasteiger partial charge in [0.1, 0.15) is 29.5 Å². The van der Waals surface area contributed by atoms with E-state index in [2.05, 4.69) is 43.6 Å². The van der Waals surface area contributed by atoms with Crippen LogP contribution < -0.4 is 10.1 Å². The van der Waals surface area contributed by atoms with Crippen molar-refractivity contribution < 1.29 is 13.5 Å². The maximum Gasteiger partial charge on any atom is 0.141 e. The fraction of sp³-hybridized carbons (Fsp3) is 0.300. The van der Waals surface area contributed by atoms with E-state index in [0.717, 1.165) is 74.0 Å². The van der Waals surface area contributed by atoms with Crippen molar-refractivity contribution in [2.75, 3.05) is 51.2 Å². The number of benzene rings is 2. The molecule has 2 aromatic carbocycles. The summed E-state index contributed by atoms with van der Waals surface area (Å²) in [6, 6.07) is 10.7. The van der Waals surface area contributed by atoms with Crippen molar-refractivity contribution >= 4 is 28.5 Å². The highest BCUT2D eigenvalue weighted by molar-refractivity contribution is 5.93. The fourth-order valence-electron chi connectivity index (χ4n) is 4.77. The molecule has 7 nitrogen and oxygen atoms in total. The van der Waals surface area contributed by atoms with Crippen LogP contribution in [0.3, 0.4) is 0 Å². The minimum absolute atomic E-state index is 0.214. The van der Waals surface area contributed by atoms with Gasteiger partial charge in [-0.25, -0.2) is 18.7 Å². The van der Waals surface area contributed by atoms with Gasteiger partial charge in [0, 0.05) is 73.3 Å². The molecule has 3 heterocycles. The number of fused-ring (bicyclic) bond motifs is 1. The third-order valence-electron chi connectivity index (χ3n) is 7.00. The lowest BCUT2D eigenvalue weighted by atomic mass is 10.1. The van der Waals surface area contributed by atoms with Crippen LogP contribution in [0.1, 0.15) is 18.9 Å². The fourth-order valence-corrected chi connectivity index (χ4v) is 4.77.